The smallest absolute Gasteiger partial charge is 0.0537 e. The summed E-state index contributed by atoms with van der Waals surface area (Å²) in [6, 6.07) is 27.6. The highest BCUT2D eigenvalue weighted by molar-refractivity contribution is 9.10. The van der Waals surface area contributed by atoms with Gasteiger partial charge in [0.25, 0.3) is 0 Å². The molecule has 2 heteroatoms. The van der Waals surface area contributed by atoms with Crippen LogP contribution in [0.4, 0.5) is 0 Å². The Morgan fingerprint density at radius 3 is 1.38 bits per heavy atom. The molecule has 0 saturated heterocycles. The molecule has 37 heavy (non-hydrogen) atoms. The summed E-state index contributed by atoms with van der Waals surface area (Å²) in [6.45, 7) is 9.71. The first-order valence-electron chi connectivity index (χ1n) is 14.1. The number of alkyl halides is 2. The highest BCUT2D eigenvalue weighted by atomic mass is 79.9. The molecular weight excluding hydrogens is 580 g/mol. The van der Waals surface area contributed by atoms with E-state index >= 15 is 0 Å². The van der Waals surface area contributed by atoms with Crippen molar-refractivity contribution in [1.82, 2.24) is 0 Å². The second-order valence-corrected chi connectivity index (χ2v) is 15.2. The molecule has 6 unspecified atom stereocenters. The lowest BCUT2D eigenvalue weighted by molar-refractivity contribution is 0.490. The van der Waals surface area contributed by atoms with Crippen molar-refractivity contribution in [3.8, 4) is 0 Å². The minimum absolute atomic E-state index is 0.0256. The summed E-state index contributed by atoms with van der Waals surface area (Å²) < 4.78 is 0.0512. The number of fused-ring (bicyclic) bond motifs is 2. The van der Waals surface area contributed by atoms with Crippen LogP contribution >= 0.6 is 31.9 Å². The summed E-state index contributed by atoms with van der Waals surface area (Å²) in [7, 11) is 0. The molecule has 0 radical (unpaired) electrons. The molecule has 2 saturated carbocycles. The third-order valence-electron chi connectivity index (χ3n) is 9.70. The molecule has 0 bridgehead atoms. The van der Waals surface area contributed by atoms with E-state index in [9.17, 15) is 0 Å². The van der Waals surface area contributed by atoms with Gasteiger partial charge in [-0.25, -0.2) is 0 Å². The van der Waals surface area contributed by atoms with Gasteiger partial charge in [0.05, 0.1) is 8.65 Å². The van der Waals surface area contributed by atoms with Crippen molar-refractivity contribution in [1.29, 1.82) is 0 Å². The fourth-order valence-corrected chi connectivity index (χ4v) is 10.1. The van der Waals surface area contributed by atoms with E-state index in [1.54, 1.807) is 0 Å². The van der Waals surface area contributed by atoms with Gasteiger partial charge in [0.1, 0.15) is 0 Å². The summed E-state index contributed by atoms with van der Waals surface area (Å²) >= 11 is 8.73. The number of benzene rings is 4. The van der Waals surface area contributed by atoms with Gasteiger partial charge in [-0.1, -0.05) is 132 Å². The minimum atomic E-state index is 0.0256. The van der Waals surface area contributed by atoms with Gasteiger partial charge in [0, 0.05) is 0 Å². The van der Waals surface area contributed by atoms with Crippen LogP contribution in [0.3, 0.4) is 0 Å². The average molecular weight is 618 g/mol. The lowest BCUT2D eigenvalue weighted by Crippen LogP contribution is -2.25. The van der Waals surface area contributed by atoms with E-state index in [1.807, 2.05) is 0 Å². The lowest BCUT2D eigenvalue weighted by atomic mass is 9.79. The number of rotatable bonds is 4. The van der Waals surface area contributed by atoms with Gasteiger partial charge < -0.3 is 0 Å². The summed E-state index contributed by atoms with van der Waals surface area (Å²) in [5, 5.41) is 5.49. The normalized spacial score (nSPS) is 31.9. The number of hydrogen-bond donors (Lipinski definition) is 0. The van der Waals surface area contributed by atoms with E-state index in [1.165, 1.54) is 69.5 Å². The Bertz CT molecular complexity index is 1360. The summed E-state index contributed by atoms with van der Waals surface area (Å²) in [6.07, 6.45) is 5.89. The predicted molar refractivity (Wildman–Crippen MR) is 167 cm³/mol. The van der Waals surface area contributed by atoms with Gasteiger partial charge in [-0.05, 0) is 99.6 Å². The molecule has 0 aliphatic heterocycles. The maximum atomic E-state index is 4.36. The molecule has 4 aromatic rings. The highest BCUT2D eigenvalue weighted by Crippen LogP contribution is 2.56. The van der Waals surface area contributed by atoms with Crippen LogP contribution in [-0.4, -0.2) is 0 Å². The van der Waals surface area contributed by atoms with E-state index in [4.69, 9.17) is 0 Å². The summed E-state index contributed by atoms with van der Waals surface area (Å²) in [4.78, 5) is 0. The zero-order chi connectivity index (χ0) is 25.9. The molecule has 0 heterocycles. The van der Waals surface area contributed by atoms with Gasteiger partial charge in [-0.2, -0.15) is 0 Å². The van der Waals surface area contributed by atoms with Crippen molar-refractivity contribution in [3.63, 3.8) is 0 Å². The van der Waals surface area contributed by atoms with Crippen LogP contribution in [0.1, 0.15) is 75.6 Å². The van der Waals surface area contributed by atoms with E-state index in [0.717, 1.165) is 18.3 Å². The molecule has 0 N–H and O–H groups in total. The van der Waals surface area contributed by atoms with Crippen LogP contribution in [0, 0.1) is 23.7 Å². The van der Waals surface area contributed by atoms with E-state index in [2.05, 4.69) is 132 Å². The van der Waals surface area contributed by atoms with Gasteiger partial charge in [0.2, 0.25) is 0 Å². The van der Waals surface area contributed by atoms with E-state index < -0.39 is 0 Å². The molecule has 0 amide bonds. The first-order valence-corrected chi connectivity index (χ1v) is 15.7. The van der Waals surface area contributed by atoms with Crippen LogP contribution in [0.15, 0.2) is 72.8 Å². The first kappa shape index (κ1) is 25.6. The highest BCUT2D eigenvalue weighted by Gasteiger charge is 2.46. The molecule has 2 aliphatic carbocycles. The van der Waals surface area contributed by atoms with Crippen molar-refractivity contribution in [2.24, 2.45) is 23.7 Å². The second-order valence-electron chi connectivity index (χ2n) is 12.4. The SMILES string of the molecule is CC1CC(C)C(Br)(c2ccc3ccccc3c2Cc2c(C3(Br)CC(C)CC3C)ccc3ccccc23)C1. The Kier molecular flexibility index (Phi) is 6.60. The fourth-order valence-electron chi connectivity index (χ4n) is 7.92. The van der Waals surface area contributed by atoms with Crippen LogP contribution in [0.2, 0.25) is 0 Å². The Labute approximate surface area is 239 Å². The Balaban J connectivity index is 1.61. The maximum absolute atomic E-state index is 4.36. The van der Waals surface area contributed by atoms with Crippen molar-refractivity contribution in [3.05, 3.63) is 95.1 Å². The molecule has 0 nitrogen and oxygen atoms in total. The van der Waals surface area contributed by atoms with Crippen molar-refractivity contribution >= 4 is 53.4 Å². The second kappa shape index (κ2) is 9.53. The van der Waals surface area contributed by atoms with Crippen LogP contribution in [0.5, 0.6) is 0 Å². The Morgan fingerprint density at radius 1 is 0.595 bits per heavy atom. The predicted octanol–water partition coefficient (Wildman–Crippen LogP) is 10.9. The average Bonchev–Trinajstić information content (AvgIpc) is 3.30. The third-order valence-corrected chi connectivity index (χ3v) is 12.8. The van der Waals surface area contributed by atoms with Crippen molar-refractivity contribution in [2.45, 2.75) is 68.4 Å². The standard InChI is InChI=1S/C35H38Br2/c1-22-17-24(3)34(36,20-22)32-15-13-26-9-5-7-11-28(26)30(32)19-31-29-12-8-6-10-27(29)14-16-33(31)35(37)21-23(2)18-25(35)4/h5-16,22-25H,17-21H2,1-4H3. The largest absolute Gasteiger partial charge is 0.0798 e. The summed E-state index contributed by atoms with van der Waals surface area (Å²) in [5.41, 5.74) is 6.00. The monoisotopic (exact) mass is 616 g/mol. The molecule has 6 atom stereocenters. The van der Waals surface area contributed by atoms with E-state index in [-0.39, 0.29) is 8.65 Å². The fraction of sp³-hybridized carbons (Fsp3) is 0.429. The molecule has 6 rings (SSSR count). The molecule has 0 aromatic heterocycles. The summed E-state index contributed by atoms with van der Waals surface area (Å²) in [5.74, 6) is 2.67. The number of hydrogen-bond acceptors (Lipinski definition) is 0. The molecule has 192 valence electrons. The lowest BCUT2D eigenvalue weighted by Gasteiger charge is -2.33. The molecule has 0 spiro atoms. The molecular formula is C35H38Br2. The Morgan fingerprint density at radius 2 is 1.00 bits per heavy atom. The van der Waals surface area contributed by atoms with Crippen LogP contribution in [0.25, 0.3) is 21.5 Å². The Hall–Kier alpha value is -1.64. The van der Waals surface area contributed by atoms with Crippen LogP contribution < -0.4 is 0 Å². The zero-order valence-electron chi connectivity index (χ0n) is 22.5. The van der Waals surface area contributed by atoms with Gasteiger partial charge in [0.15, 0.2) is 0 Å². The topological polar surface area (TPSA) is 0 Å². The van der Waals surface area contributed by atoms with Crippen molar-refractivity contribution < 1.29 is 0 Å². The van der Waals surface area contributed by atoms with Crippen molar-refractivity contribution in [2.75, 3.05) is 0 Å². The quantitative estimate of drug-likeness (QED) is 0.200. The maximum Gasteiger partial charge on any atom is 0.0537 e. The molecule has 2 fully saturated rings. The van der Waals surface area contributed by atoms with Gasteiger partial charge in [-0.15, -0.1) is 0 Å². The first-order chi connectivity index (χ1) is 17.7. The third kappa shape index (κ3) is 4.22. The molecule has 2 aliphatic rings. The zero-order valence-corrected chi connectivity index (χ0v) is 25.7. The van der Waals surface area contributed by atoms with Crippen LogP contribution in [-0.2, 0) is 15.1 Å². The van der Waals surface area contributed by atoms with Gasteiger partial charge in [-0.3, -0.25) is 0 Å². The minimum Gasteiger partial charge on any atom is -0.0798 e. The van der Waals surface area contributed by atoms with E-state index in [0.29, 0.717) is 11.8 Å². The molecule has 4 aromatic carbocycles. The van der Waals surface area contributed by atoms with Gasteiger partial charge >= 0.3 is 0 Å². The number of halogens is 2.